The monoisotopic (exact) mass is 527 g/mol. The van der Waals surface area contributed by atoms with Crippen LogP contribution >= 0.6 is 0 Å². The fourth-order valence-corrected chi connectivity index (χ4v) is 5.28. The Kier molecular flexibility index (Phi) is 6.74. The molecule has 2 heterocycles. The van der Waals surface area contributed by atoms with Crippen LogP contribution in [-0.4, -0.2) is 25.8 Å². The Labute approximate surface area is 232 Å². The lowest BCUT2D eigenvalue weighted by atomic mass is 10.0. The number of carbonyl (C=O) groups is 1. The number of para-hydroxylation sites is 1. The molecule has 6 nitrogen and oxygen atoms in total. The Morgan fingerprint density at radius 3 is 2.42 bits per heavy atom. The average molecular weight is 528 g/mol. The number of hydrogen-bond donors (Lipinski definition) is 1. The van der Waals surface area contributed by atoms with Gasteiger partial charge in [-0.15, -0.1) is 0 Å². The van der Waals surface area contributed by atoms with Crippen LogP contribution in [0.5, 0.6) is 5.75 Å². The molecule has 198 valence electrons. The molecule has 4 aromatic carbocycles. The second-order valence-electron chi connectivity index (χ2n) is 10.0. The molecule has 0 saturated carbocycles. The first kappa shape index (κ1) is 25.3. The van der Waals surface area contributed by atoms with Gasteiger partial charge >= 0.3 is 6.16 Å². The Bertz CT molecular complexity index is 1860. The van der Waals surface area contributed by atoms with E-state index in [0.717, 1.165) is 68.6 Å². The number of pyridine rings is 1. The molecule has 40 heavy (non-hydrogen) atoms. The second kappa shape index (κ2) is 10.7. The highest BCUT2D eigenvalue weighted by Gasteiger charge is 2.16. The van der Waals surface area contributed by atoms with Crippen molar-refractivity contribution in [1.82, 2.24) is 14.5 Å². The van der Waals surface area contributed by atoms with Crippen molar-refractivity contribution in [3.8, 4) is 28.1 Å². The van der Waals surface area contributed by atoms with Crippen LogP contribution < -0.4 is 4.74 Å². The summed E-state index contributed by atoms with van der Waals surface area (Å²) in [6, 6.07) is 30.1. The Morgan fingerprint density at radius 1 is 0.900 bits per heavy atom. The van der Waals surface area contributed by atoms with Crippen LogP contribution in [0.3, 0.4) is 0 Å². The molecule has 2 aromatic heterocycles. The maximum absolute atomic E-state index is 11.1. The molecule has 0 aliphatic carbocycles. The summed E-state index contributed by atoms with van der Waals surface area (Å²) in [7, 11) is 0. The number of imidazole rings is 1. The molecule has 0 aliphatic heterocycles. The third kappa shape index (κ3) is 4.92. The third-order valence-electron chi connectivity index (χ3n) is 7.21. The minimum absolute atomic E-state index is 0.318. The van der Waals surface area contributed by atoms with E-state index in [-0.39, 0.29) is 0 Å². The molecule has 6 aromatic rings. The molecule has 0 radical (unpaired) electrons. The summed E-state index contributed by atoms with van der Waals surface area (Å²) in [6.07, 6.45) is 2.50. The van der Waals surface area contributed by atoms with Crippen LogP contribution in [0, 0.1) is 6.92 Å². The fraction of sp³-hybridized carbons (Fsp3) is 0.147. The molecule has 6 rings (SSSR count). The number of carboxylic acid groups (broad SMARTS) is 1. The molecule has 0 saturated heterocycles. The maximum Gasteiger partial charge on any atom is 0.511 e. The van der Waals surface area contributed by atoms with Gasteiger partial charge in [-0.25, -0.2) is 9.78 Å². The summed E-state index contributed by atoms with van der Waals surface area (Å²) in [5, 5.41) is 11.4. The fourth-order valence-electron chi connectivity index (χ4n) is 5.28. The molecular formula is C34H29N3O3. The topological polar surface area (TPSA) is 77.2 Å². The second-order valence-corrected chi connectivity index (χ2v) is 10.0. The van der Waals surface area contributed by atoms with Crippen molar-refractivity contribution in [2.24, 2.45) is 0 Å². The van der Waals surface area contributed by atoms with Crippen LogP contribution in [0.4, 0.5) is 4.79 Å². The van der Waals surface area contributed by atoms with Crippen LogP contribution in [0.25, 0.3) is 44.2 Å². The van der Waals surface area contributed by atoms with Crippen molar-refractivity contribution in [1.29, 1.82) is 0 Å². The lowest BCUT2D eigenvalue weighted by molar-refractivity contribution is 0.144. The van der Waals surface area contributed by atoms with Crippen molar-refractivity contribution in [2.45, 2.75) is 33.2 Å². The molecule has 0 amide bonds. The van der Waals surface area contributed by atoms with Gasteiger partial charge in [0.05, 0.1) is 16.7 Å². The Hall–Kier alpha value is -4.97. The van der Waals surface area contributed by atoms with Gasteiger partial charge < -0.3 is 14.4 Å². The first-order valence-electron chi connectivity index (χ1n) is 13.4. The van der Waals surface area contributed by atoms with E-state index < -0.39 is 6.16 Å². The minimum Gasteiger partial charge on any atom is -0.449 e. The van der Waals surface area contributed by atoms with Gasteiger partial charge in [-0.2, -0.15) is 0 Å². The number of hydrogen-bond acceptors (Lipinski definition) is 4. The largest absolute Gasteiger partial charge is 0.511 e. The Balaban J connectivity index is 1.38. The van der Waals surface area contributed by atoms with Crippen LogP contribution in [0.2, 0.25) is 0 Å². The molecule has 0 atom stereocenters. The molecule has 0 bridgehead atoms. The van der Waals surface area contributed by atoms with Crippen LogP contribution in [0.1, 0.15) is 30.3 Å². The van der Waals surface area contributed by atoms with E-state index in [9.17, 15) is 4.79 Å². The van der Waals surface area contributed by atoms with Crippen molar-refractivity contribution >= 4 is 28.0 Å². The van der Waals surface area contributed by atoms with Gasteiger partial charge in [0.25, 0.3) is 0 Å². The highest BCUT2D eigenvalue weighted by molar-refractivity contribution is 5.89. The van der Waals surface area contributed by atoms with E-state index >= 15 is 0 Å². The highest BCUT2D eigenvalue weighted by atomic mass is 16.7. The van der Waals surface area contributed by atoms with Crippen molar-refractivity contribution in [2.75, 3.05) is 0 Å². The first-order valence-corrected chi connectivity index (χ1v) is 13.4. The SMILES string of the molecule is CCCc1nc2c(C)cc(-c3cc4ccccc4cn3)cc2n1Cc1ccc(-c2ccccc2OC(=O)O)cc1. The zero-order chi connectivity index (χ0) is 27.6. The van der Waals surface area contributed by atoms with E-state index in [2.05, 4.69) is 66.9 Å². The number of aryl methyl sites for hydroxylation is 2. The maximum atomic E-state index is 11.1. The van der Waals surface area contributed by atoms with Gasteiger partial charge in [0.1, 0.15) is 11.6 Å². The molecule has 0 unspecified atom stereocenters. The van der Waals surface area contributed by atoms with Gasteiger partial charge in [-0.05, 0) is 59.7 Å². The molecular weight excluding hydrogens is 498 g/mol. The van der Waals surface area contributed by atoms with E-state index in [0.29, 0.717) is 12.3 Å². The summed E-state index contributed by atoms with van der Waals surface area (Å²) in [5.41, 5.74) is 8.02. The molecule has 0 spiro atoms. The number of fused-ring (bicyclic) bond motifs is 2. The highest BCUT2D eigenvalue weighted by Crippen LogP contribution is 2.32. The van der Waals surface area contributed by atoms with Crippen molar-refractivity contribution < 1.29 is 14.6 Å². The van der Waals surface area contributed by atoms with Gasteiger partial charge in [-0.3, -0.25) is 4.98 Å². The summed E-state index contributed by atoms with van der Waals surface area (Å²) in [4.78, 5) is 21.0. The van der Waals surface area contributed by atoms with E-state index in [1.807, 2.05) is 36.5 Å². The smallest absolute Gasteiger partial charge is 0.449 e. The number of rotatable bonds is 7. The summed E-state index contributed by atoms with van der Waals surface area (Å²) >= 11 is 0. The third-order valence-corrected chi connectivity index (χ3v) is 7.21. The Morgan fingerprint density at radius 2 is 1.65 bits per heavy atom. The molecule has 6 heteroatoms. The lowest BCUT2D eigenvalue weighted by Gasteiger charge is -2.12. The van der Waals surface area contributed by atoms with Crippen molar-refractivity contribution in [3.05, 3.63) is 114 Å². The predicted molar refractivity (Wildman–Crippen MR) is 159 cm³/mol. The molecule has 1 N–H and O–H groups in total. The van der Waals surface area contributed by atoms with Crippen LogP contribution in [0.15, 0.2) is 97.2 Å². The number of ether oxygens (including phenoxy) is 1. The zero-order valence-electron chi connectivity index (χ0n) is 22.5. The number of aromatic nitrogens is 3. The van der Waals surface area contributed by atoms with Crippen molar-refractivity contribution in [3.63, 3.8) is 0 Å². The number of benzene rings is 4. The summed E-state index contributed by atoms with van der Waals surface area (Å²) < 4.78 is 7.30. The summed E-state index contributed by atoms with van der Waals surface area (Å²) in [5.74, 6) is 1.38. The van der Waals surface area contributed by atoms with Gasteiger partial charge in [-0.1, -0.05) is 73.7 Å². The minimum atomic E-state index is -1.33. The lowest BCUT2D eigenvalue weighted by Crippen LogP contribution is -2.05. The number of nitrogens with zero attached hydrogens (tertiary/aromatic N) is 3. The van der Waals surface area contributed by atoms with E-state index in [4.69, 9.17) is 19.8 Å². The zero-order valence-corrected chi connectivity index (χ0v) is 22.5. The van der Waals surface area contributed by atoms with Crippen LogP contribution in [-0.2, 0) is 13.0 Å². The normalized spacial score (nSPS) is 11.2. The average Bonchev–Trinajstić information content (AvgIpc) is 3.30. The quantitative estimate of drug-likeness (QED) is 0.167. The molecule has 0 aliphatic rings. The predicted octanol–water partition coefficient (Wildman–Crippen LogP) is 8.28. The molecule has 0 fully saturated rings. The summed E-state index contributed by atoms with van der Waals surface area (Å²) in [6.45, 7) is 4.96. The standard InChI is InChI=1S/C34H29N3O3/c1-3-8-32-36-33-22(2)17-27(29-18-25-9-4-5-10-26(25)20-35-29)19-30(33)37(32)21-23-13-15-24(16-14-23)28-11-6-7-12-31(28)40-34(38)39/h4-7,9-20H,3,8,21H2,1-2H3,(H,38,39). The van der Waals surface area contributed by atoms with E-state index in [1.54, 1.807) is 12.1 Å². The van der Waals surface area contributed by atoms with Gasteiger partial charge in [0.15, 0.2) is 0 Å². The van der Waals surface area contributed by atoms with E-state index in [1.165, 1.54) is 5.39 Å². The first-order chi connectivity index (χ1) is 19.5. The van der Waals surface area contributed by atoms with Gasteiger partial charge in [0, 0.05) is 35.7 Å². The van der Waals surface area contributed by atoms with Gasteiger partial charge in [0.2, 0.25) is 0 Å².